The number of hydrogen-bond donors (Lipinski definition) is 1. The summed E-state index contributed by atoms with van der Waals surface area (Å²) in [6.07, 6.45) is 1.65. The molecule has 1 unspecified atom stereocenters. The molecule has 1 aromatic heterocycles. The van der Waals surface area contributed by atoms with Crippen LogP contribution in [0.15, 0.2) is 18.5 Å². The summed E-state index contributed by atoms with van der Waals surface area (Å²) in [6.45, 7) is 1.79. The highest BCUT2D eigenvalue weighted by Gasteiger charge is 2.58. The van der Waals surface area contributed by atoms with E-state index in [1.54, 1.807) is 0 Å². The largest absolute Gasteiger partial charge is 0.461 e. The molecular weight excluding hydrogens is 251 g/mol. The summed E-state index contributed by atoms with van der Waals surface area (Å²) in [4.78, 5) is 14.5. The number of pyridine rings is 1. The molecule has 0 bridgehead atoms. The summed E-state index contributed by atoms with van der Waals surface area (Å²) in [5.74, 6) is -6.98. The Hall–Kier alpha value is -1.63. The number of ether oxygens (including phenoxy) is 1. The van der Waals surface area contributed by atoms with Crippen molar-refractivity contribution in [1.82, 2.24) is 4.98 Å². The van der Waals surface area contributed by atoms with Crippen LogP contribution in [0.5, 0.6) is 0 Å². The van der Waals surface area contributed by atoms with Gasteiger partial charge in [-0.25, -0.2) is 9.18 Å². The van der Waals surface area contributed by atoms with Crippen LogP contribution in [0.2, 0.25) is 0 Å². The normalized spacial score (nSPS) is 15.0. The van der Waals surface area contributed by atoms with Gasteiger partial charge in [-0.3, -0.25) is 4.98 Å². The Morgan fingerprint density at radius 3 is 2.61 bits per heavy atom. The number of carbonyl (C=O) groups is 1. The van der Waals surface area contributed by atoms with Crippen LogP contribution in [0.3, 0.4) is 0 Å². The van der Waals surface area contributed by atoms with Crippen molar-refractivity contribution in [2.75, 3.05) is 6.61 Å². The van der Waals surface area contributed by atoms with Gasteiger partial charge in [0, 0.05) is 11.8 Å². The number of carbonyl (C=O) groups excluding carboxylic acids is 1. The molecule has 0 amide bonds. The third-order valence-corrected chi connectivity index (χ3v) is 2.41. The number of halogens is 3. The smallest absolute Gasteiger partial charge is 0.380 e. The molecule has 7 heteroatoms. The molecule has 0 fully saturated rings. The minimum absolute atomic E-state index is 0.258. The van der Waals surface area contributed by atoms with E-state index in [9.17, 15) is 23.1 Å². The highest BCUT2D eigenvalue weighted by molar-refractivity contribution is 5.79. The van der Waals surface area contributed by atoms with Gasteiger partial charge in [0.15, 0.2) is 5.60 Å². The van der Waals surface area contributed by atoms with Crippen molar-refractivity contribution in [2.45, 2.75) is 25.4 Å². The van der Waals surface area contributed by atoms with Gasteiger partial charge in [-0.1, -0.05) is 0 Å². The lowest BCUT2D eigenvalue weighted by Crippen LogP contribution is -2.49. The van der Waals surface area contributed by atoms with E-state index in [0.717, 1.165) is 12.4 Å². The molecule has 0 aliphatic rings. The van der Waals surface area contributed by atoms with Gasteiger partial charge in [0.05, 0.1) is 12.8 Å². The fourth-order valence-corrected chi connectivity index (χ4v) is 1.28. The van der Waals surface area contributed by atoms with Crippen LogP contribution in [-0.2, 0) is 15.1 Å². The van der Waals surface area contributed by atoms with Gasteiger partial charge in [-0.2, -0.15) is 8.78 Å². The number of aromatic nitrogens is 1. The highest BCUT2D eigenvalue weighted by Crippen LogP contribution is 2.38. The van der Waals surface area contributed by atoms with Gasteiger partial charge < -0.3 is 9.84 Å². The molecule has 100 valence electrons. The number of nitrogens with zero attached hydrogens (tertiary/aromatic N) is 1. The molecular formula is C11H12F3NO3. The monoisotopic (exact) mass is 263 g/mol. The topological polar surface area (TPSA) is 59.4 Å². The molecule has 1 N–H and O–H groups in total. The summed E-state index contributed by atoms with van der Waals surface area (Å²) in [5, 5.41) is 9.78. The Morgan fingerprint density at radius 1 is 1.50 bits per heavy atom. The van der Waals surface area contributed by atoms with E-state index in [1.807, 2.05) is 0 Å². The lowest BCUT2D eigenvalue weighted by Gasteiger charge is -2.30. The quantitative estimate of drug-likeness (QED) is 0.839. The Kier molecular flexibility index (Phi) is 3.95. The van der Waals surface area contributed by atoms with Crippen molar-refractivity contribution >= 4 is 5.97 Å². The Balaban J connectivity index is 3.16. The third kappa shape index (κ3) is 2.45. The van der Waals surface area contributed by atoms with Gasteiger partial charge in [0.1, 0.15) is 5.82 Å². The molecule has 0 saturated heterocycles. The fourth-order valence-electron chi connectivity index (χ4n) is 1.28. The zero-order valence-corrected chi connectivity index (χ0v) is 9.78. The third-order valence-electron chi connectivity index (χ3n) is 2.41. The standard InChI is InChI=1S/C11H12F3NO3/c1-3-18-9(16)11(13,14)10(2,17)7-4-8(12)6-15-5-7/h4-6,17H,3H2,1-2H3. The van der Waals surface area contributed by atoms with E-state index >= 15 is 0 Å². The van der Waals surface area contributed by atoms with E-state index in [4.69, 9.17) is 0 Å². The van der Waals surface area contributed by atoms with Crippen molar-refractivity contribution in [3.05, 3.63) is 29.8 Å². The van der Waals surface area contributed by atoms with E-state index < -0.39 is 28.9 Å². The summed E-state index contributed by atoms with van der Waals surface area (Å²) < 4.78 is 44.5. The van der Waals surface area contributed by atoms with E-state index in [2.05, 4.69) is 9.72 Å². The number of hydrogen-bond acceptors (Lipinski definition) is 4. The molecule has 1 atom stereocenters. The van der Waals surface area contributed by atoms with Crippen molar-refractivity contribution in [3.63, 3.8) is 0 Å². The molecule has 18 heavy (non-hydrogen) atoms. The van der Waals surface area contributed by atoms with Gasteiger partial charge in [0.25, 0.3) is 0 Å². The van der Waals surface area contributed by atoms with Gasteiger partial charge in [-0.05, 0) is 19.9 Å². The zero-order chi connectivity index (χ0) is 14.0. The maximum absolute atomic E-state index is 13.7. The Morgan fingerprint density at radius 2 is 2.11 bits per heavy atom. The van der Waals surface area contributed by atoms with Gasteiger partial charge >= 0.3 is 11.9 Å². The zero-order valence-electron chi connectivity index (χ0n) is 9.78. The number of esters is 1. The minimum Gasteiger partial charge on any atom is -0.461 e. The number of aliphatic hydroxyl groups is 1. The lowest BCUT2D eigenvalue weighted by molar-refractivity contribution is -0.212. The first-order chi connectivity index (χ1) is 8.23. The molecule has 0 aromatic carbocycles. The van der Waals surface area contributed by atoms with Crippen molar-refractivity contribution in [2.24, 2.45) is 0 Å². The molecule has 0 spiro atoms. The van der Waals surface area contributed by atoms with Gasteiger partial charge in [0.2, 0.25) is 0 Å². The van der Waals surface area contributed by atoms with Crippen molar-refractivity contribution in [3.8, 4) is 0 Å². The fraction of sp³-hybridized carbons (Fsp3) is 0.455. The summed E-state index contributed by atoms with van der Waals surface area (Å²) in [5.41, 5.74) is -3.42. The second-order valence-electron chi connectivity index (χ2n) is 3.76. The lowest BCUT2D eigenvalue weighted by atomic mass is 9.90. The molecule has 4 nitrogen and oxygen atoms in total. The molecule has 0 aliphatic heterocycles. The average molecular weight is 263 g/mol. The first-order valence-electron chi connectivity index (χ1n) is 5.12. The van der Waals surface area contributed by atoms with Gasteiger partial charge in [-0.15, -0.1) is 0 Å². The SMILES string of the molecule is CCOC(=O)C(F)(F)C(C)(O)c1cncc(F)c1. The van der Waals surface area contributed by atoms with Crippen LogP contribution < -0.4 is 0 Å². The maximum Gasteiger partial charge on any atom is 0.380 e. The summed E-state index contributed by atoms with van der Waals surface area (Å²) >= 11 is 0. The molecule has 1 aromatic rings. The molecule has 1 rings (SSSR count). The van der Waals surface area contributed by atoms with Crippen molar-refractivity contribution in [1.29, 1.82) is 0 Å². The van der Waals surface area contributed by atoms with Crippen LogP contribution in [0.1, 0.15) is 19.4 Å². The van der Waals surface area contributed by atoms with Crippen molar-refractivity contribution < 1.29 is 27.8 Å². The minimum atomic E-state index is -4.21. The number of alkyl halides is 2. The van der Waals surface area contributed by atoms with E-state index in [1.165, 1.54) is 6.92 Å². The predicted molar refractivity (Wildman–Crippen MR) is 55.3 cm³/mol. The molecule has 0 radical (unpaired) electrons. The maximum atomic E-state index is 13.7. The Labute approximate surface area is 101 Å². The second-order valence-corrected chi connectivity index (χ2v) is 3.76. The molecule has 1 heterocycles. The van der Waals surface area contributed by atoms with Crippen LogP contribution in [-0.4, -0.2) is 28.6 Å². The first kappa shape index (κ1) is 14.4. The molecule has 0 aliphatic carbocycles. The first-order valence-corrected chi connectivity index (χ1v) is 5.12. The highest BCUT2D eigenvalue weighted by atomic mass is 19.3. The Bertz CT molecular complexity index is 449. The summed E-state index contributed by atoms with van der Waals surface area (Å²) in [6, 6.07) is 0.681. The number of rotatable bonds is 4. The van der Waals surface area contributed by atoms with E-state index in [-0.39, 0.29) is 6.61 Å². The molecule has 0 saturated carbocycles. The van der Waals surface area contributed by atoms with E-state index in [0.29, 0.717) is 13.0 Å². The van der Waals surface area contributed by atoms with Crippen LogP contribution in [0, 0.1) is 5.82 Å². The predicted octanol–water partition coefficient (Wildman–Crippen LogP) is 1.63. The van der Waals surface area contributed by atoms with Crippen LogP contribution >= 0.6 is 0 Å². The average Bonchev–Trinajstić information content (AvgIpc) is 2.29. The van der Waals surface area contributed by atoms with Crippen LogP contribution in [0.25, 0.3) is 0 Å². The second kappa shape index (κ2) is 4.93. The van der Waals surface area contributed by atoms with Crippen LogP contribution in [0.4, 0.5) is 13.2 Å². The summed E-state index contributed by atoms with van der Waals surface area (Å²) in [7, 11) is 0.